The SMILES string of the molecule is CNC(=O)n1ccc2cc(Nc3ccnc(NC(=O)c4ccc(C5CCN(C)CC5)cc4)c3)c(OC)cc21. The first-order valence-corrected chi connectivity index (χ1v) is 12.7. The number of nitrogens with zero attached hydrogens (tertiary/aromatic N) is 3. The van der Waals surface area contributed by atoms with Gasteiger partial charge in [-0.2, -0.15) is 0 Å². The van der Waals surface area contributed by atoms with Crippen molar-refractivity contribution in [2.24, 2.45) is 0 Å². The number of fused-ring (bicyclic) bond motifs is 1. The van der Waals surface area contributed by atoms with Gasteiger partial charge < -0.3 is 25.6 Å². The van der Waals surface area contributed by atoms with Crippen LogP contribution in [0.3, 0.4) is 0 Å². The minimum atomic E-state index is -0.228. The lowest BCUT2D eigenvalue weighted by Crippen LogP contribution is -2.29. The molecule has 2 aromatic heterocycles. The lowest BCUT2D eigenvalue weighted by atomic mass is 9.89. The van der Waals surface area contributed by atoms with Crippen molar-refractivity contribution in [2.45, 2.75) is 18.8 Å². The van der Waals surface area contributed by atoms with Crippen molar-refractivity contribution in [2.75, 3.05) is 44.9 Å². The van der Waals surface area contributed by atoms with Crippen LogP contribution < -0.4 is 20.7 Å². The summed E-state index contributed by atoms with van der Waals surface area (Å²) in [6, 6.07) is 16.8. The van der Waals surface area contributed by atoms with E-state index >= 15 is 0 Å². The molecular weight excluding hydrogens is 480 g/mol. The molecule has 0 aliphatic carbocycles. The molecule has 0 spiro atoms. The van der Waals surface area contributed by atoms with Crippen LogP contribution >= 0.6 is 0 Å². The molecule has 0 unspecified atom stereocenters. The number of likely N-dealkylation sites (tertiary alicyclic amines) is 1. The molecular formula is C29H32N6O3. The molecule has 9 nitrogen and oxygen atoms in total. The summed E-state index contributed by atoms with van der Waals surface area (Å²) in [7, 11) is 5.33. The van der Waals surface area contributed by atoms with Crippen molar-refractivity contribution >= 4 is 40.0 Å². The standard InChI is InChI=1S/C29H32N6O3/c1-30-29(37)35-15-11-22-16-24(26(38-3)18-25(22)35)32-23-8-12-31-27(17-23)33-28(36)21-6-4-19(5-7-21)20-9-13-34(2)14-10-20/h4-8,11-12,15-18,20H,9-10,13-14H2,1-3H3,(H,30,37)(H2,31,32,33,36). The summed E-state index contributed by atoms with van der Waals surface area (Å²) in [4.78, 5) is 31.7. The van der Waals surface area contributed by atoms with Crippen LogP contribution in [0.25, 0.3) is 10.9 Å². The number of amides is 2. The average Bonchev–Trinajstić information content (AvgIpc) is 3.35. The first-order chi connectivity index (χ1) is 18.4. The number of anilines is 3. The van der Waals surface area contributed by atoms with Crippen molar-refractivity contribution in [3.8, 4) is 5.75 Å². The Labute approximate surface area is 221 Å². The molecule has 5 rings (SSSR count). The molecule has 38 heavy (non-hydrogen) atoms. The lowest BCUT2D eigenvalue weighted by molar-refractivity contribution is 0.102. The van der Waals surface area contributed by atoms with Crippen molar-refractivity contribution in [3.05, 3.63) is 78.1 Å². The lowest BCUT2D eigenvalue weighted by Gasteiger charge is -2.29. The highest BCUT2D eigenvalue weighted by Crippen LogP contribution is 2.33. The van der Waals surface area contributed by atoms with Crippen LogP contribution in [0.2, 0.25) is 0 Å². The zero-order valence-corrected chi connectivity index (χ0v) is 21.8. The summed E-state index contributed by atoms with van der Waals surface area (Å²) >= 11 is 0. The fraction of sp³-hybridized carbons (Fsp3) is 0.276. The van der Waals surface area contributed by atoms with E-state index < -0.39 is 0 Å². The number of carbonyl (C=O) groups excluding carboxylic acids is 2. The molecule has 3 heterocycles. The summed E-state index contributed by atoms with van der Waals surface area (Å²) in [6.45, 7) is 2.21. The van der Waals surface area contributed by atoms with Gasteiger partial charge in [-0.3, -0.25) is 9.36 Å². The van der Waals surface area contributed by atoms with E-state index in [1.165, 1.54) is 10.1 Å². The van der Waals surface area contributed by atoms with E-state index in [1.54, 1.807) is 32.6 Å². The number of carbonyl (C=O) groups is 2. The molecule has 9 heteroatoms. The maximum absolute atomic E-state index is 12.9. The van der Waals surface area contributed by atoms with Gasteiger partial charge in [-0.1, -0.05) is 12.1 Å². The Hall–Kier alpha value is -4.37. The number of aromatic nitrogens is 2. The van der Waals surface area contributed by atoms with E-state index in [1.807, 2.05) is 36.4 Å². The second-order valence-electron chi connectivity index (χ2n) is 9.56. The molecule has 4 aromatic rings. The fourth-order valence-electron chi connectivity index (χ4n) is 4.90. The van der Waals surface area contributed by atoms with Gasteiger partial charge >= 0.3 is 6.03 Å². The van der Waals surface area contributed by atoms with Gasteiger partial charge in [0.15, 0.2) is 0 Å². The number of rotatable bonds is 6. The van der Waals surface area contributed by atoms with Gasteiger partial charge in [-0.15, -0.1) is 0 Å². The molecule has 0 atom stereocenters. The van der Waals surface area contributed by atoms with E-state index in [0.717, 1.165) is 48.2 Å². The van der Waals surface area contributed by atoms with Crippen LogP contribution in [-0.2, 0) is 0 Å². The molecule has 0 saturated carbocycles. The van der Waals surface area contributed by atoms with E-state index in [4.69, 9.17) is 4.74 Å². The van der Waals surface area contributed by atoms with Gasteiger partial charge in [-0.05, 0) is 74.8 Å². The Balaban J connectivity index is 1.29. The van der Waals surface area contributed by atoms with Crippen LogP contribution in [0.15, 0.2) is 67.0 Å². The number of hydrogen-bond donors (Lipinski definition) is 3. The number of nitrogens with one attached hydrogen (secondary N) is 3. The molecule has 1 aliphatic heterocycles. The number of piperidine rings is 1. The molecule has 1 saturated heterocycles. The quantitative estimate of drug-likeness (QED) is 0.335. The molecule has 2 aromatic carbocycles. The molecule has 0 radical (unpaired) electrons. The Morgan fingerprint density at radius 3 is 2.50 bits per heavy atom. The highest BCUT2D eigenvalue weighted by molar-refractivity contribution is 6.04. The van der Waals surface area contributed by atoms with Gasteiger partial charge in [0, 0.05) is 48.2 Å². The van der Waals surface area contributed by atoms with E-state index in [-0.39, 0.29) is 11.9 Å². The summed E-state index contributed by atoms with van der Waals surface area (Å²) in [5.74, 6) is 1.35. The average molecular weight is 513 g/mol. The first-order valence-electron chi connectivity index (χ1n) is 12.7. The highest BCUT2D eigenvalue weighted by atomic mass is 16.5. The minimum Gasteiger partial charge on any atom is -0.494 e. The predicted molar refractivity (Wildman–Crippen MR) is 150 cm³/mol. The topological polar surface area (TPSA) is 101 Å². The molecule has 196 valence electrons. The summed E-state index contributed by atoms with van der Waals surface area (Å²) in [5, 5.41) is 9.74. The fourth-order valence-corrected chi connectivity index (χ4v) is 4.90. The number of hydrogen-bond acceptors (Lipinski definition) is 6. The predicted octanol–water partition coefficient (Wildman–Crippen LogP) is 5.04. The van der Waals surface area contributed by atoms with Crippen LogP contribution in [0, 0.1) is 0 Å². The van der Waals surface area contributed by atoms with Gasteiger partial charge in [0.2, 0.25) is 0 Å². The van der Waals surface area contributed by atoms with Crippen molar-refractivity contribution in [3.63, 3.8) is 0 Å². The zero-order chi connectivity index (χ0) is 26.6. The highest BCUT2D eigenvalue weighted by Gasteiger charge is 2.19. The van der Waals surface area contributed by atoms with Gasteiger partial charge in [0.1, 0.15) is 11.6 Å². The van der Waals surface area contributed by atoms with Crippen molar-refractivity contribution in [1.82, 2.24) is 19.8 Å². The number of pyridine rings is 1. The number of ether oxygens (including phenoxy) is 1. The van der Waals surface area contributed by atoms with Crippen molar-refractivity contribution in [1.29, 1.82) is 0 Å². The molecule has 1 aliphatic rings. The van der Waals surface area contributed by atoms with Gasteiger partial charge in [0.25, 0.3) is 5.91 Å². The largest absolute Gasteiger partial charge is 0.494 e. The molecule has 0 bridgehead atoms. The third-order valence-electron chi connectivity index (χ3n) is 7.09. The molecule has 3 N–H and O–H groups in total. The Morgan fingerprint density at radius 1 is 1.03 bits per heavy atom. The Morgan fingerprint density at radius 2 is 1.79 bits per heavy atom. The number of methoxy groups -OCH3 is 1. The molecule has 2 amide bonds. The van der Waals surface area contributed by atoms with Crippen molar-refractivity contribution < 1.29 is 14.3 Å². The monoisotopic (exact) mass is 512 g/mol. The third kappa shape index (κ3) is 5.33. The van der Waals surface area contributed by atoms with Crippen LogP contribution in [-0.4, -0.2) is 60.7 Å². The summed E-state index contributed by atoms with van der Waals surface area (Å²) in [5.41, 5.74) is 4.07. The van der Waals surface area contributed by atoms with E-state index in [9.17, 15) is 9.59 Å². The first kappa shape index (κ1) is 25.3. The van der Waals surface area contributed by atoms with Gasteiger partial charge in [0.05, 0.1) is 18.3 Å². The Bertz CT molecular complexity index is 1460. The van der Waals surface area contributed by atoms with Crippen LogP contribution in [0.5, 0.6) is 5.75 Å². The normalized spacial score (nSPS) is 14.3. The molecule has 1 fully saturated rings. The maximum Gasteiger partial charge on any atom is 0.325 e. The second-order valence-corrected chi connectivity index (χ2v) is 9.56. The Kier molecular flexibility index (Phi) is 7.28. The summed E-state index contributed by atoms with van der Waals surface area (Å²) in [6.07, 6.45) is 5.63. The van der Waals surface area contributed by atoms with Crippen LogP contribution in [0.4, 0.5) is 22.0 Å². The maximum atomic E-state index is 12.9. The van der Waals surface area contributed by atoms with E-state index in [2.05, 4.69) is 45.0 Å². The zero-order valence-electron chi connectivity index (χ0n) is 21.8. The van der Waals surface area contributed by atoms with E-state index in [0.29, 0.717) is 23.0 Å². The minimum absolute atomic E-state index is 0.209. The summed E-state index contributed by atoms with van der Waals surface area (Å²) < 4.78 is 7.11. The number of benzene rings is 2. The smallest absolute Gasteiger partial charge is 0.325 e. The third-order valence-corrected chi connectivity index (χ3v) is 7.09. The van der Waals surface area contributed by atoms with Gasteiger partial charge in [-0.25, -0.2) is 9.78 Å². The second kappa shape index (κ2) is 10.9. The van der Waals surface area contributed by atoms with Crippen LogP contribution in [0.1, 0.15) is 34.7 Å².